The minimum Gasteiger partial charge on any atom is -0.384 e. The third-order valence-electron chi connectivity index (χ3n) is 3.80. The Balaban J connectivity index is 1.77. The van der Waals surface area contributed by atoms with Gasteiger partial charge in [0.15, 0.2) is 0 Å². The van der Waals surface area contributed by atoms with Gasteiger partial charge >= 0.3 is 0 Å². The van der Waals surface area contributed by atoms with Crippen LogP contribution in [0.3, 0.4) is 0 Å². The van der Waals surface area contributed by atoms with E-state index in [0.29, 0.717) is 6.04 Å². The molecule has 2 nitrogen and oxygen atoms in total. The van der Waals surface area contributed by atoms with Crippen molar-refractivity contribution < 1.29 is 4.39 Å². The summed E-state index contributed by atoms with van der Waals surface area (Å²) in [6.45, 7) is 7.71. The molecule has 1 heterocycles. The van der Waals surface area contributed by atoms with Crippen molar-refractivity contribution in [3.63, 3.8) is 0 Å². The fourth-order valence-electron chi connectivity index (χ4n) is 2.63. The molecule has 18 heavy (non-hydrogen) atoms. The Kier molecular flexibility index (Phi) is 4.59. The van der Waals surface area contributed by atoms with Crippen molar-refractivity contribution >= 4 is 5.69 Å². The van der Waals surface area contributed by atoms with Crippen LogP contribution in [0.15, 0.2) is 24.3 Å². The lowest BCUT2D eigenvalue weighted by molar-refractivity contribution is 0.130. The first kappa shape index (κ1) is 13.3. The van der Waals surface area contributed by atoms with Gasteiger partial charge < -0.3 is 5.32 Å². The van der Waals surface area contributed by atoms with E-state index in [0.717, 1.165) is 24.7 Å². The van der Waals surface area contributed by atoms with Gasteiger partial charge in [-0.15, -0.1) is 0 Å². The summed E-state index contributed by atoms with van der Waals surface area (Å²) in [6.07, 6.45) is 2.64. The summed E-state index contributed by atoms with van der Waals surface area (Å²) >= 11 is 0. The second-order valence-electron chi connectivity index (χ2n) is 5.46. The molecule has 1 N–H and O–H groups in total. The molecule has 1 aromatic carbocycles. The highest BCUT2D eigenvalue weighted by molar-refractivity contribution is 5.42. The van der Waals surface area contributed by atoms with Crippen LogP contribution < -0.4 is 5.32 Å². The maximum absolute atomic E-state index is 13.0. The second-order valence-corrected chi connectivity index (χ2v) is 5.46. The summed E-state index contributed by atoms with van der Waals surface area (Å²) in [5.74, 6) is 0.621. The van der Waals surface area contributed by atoms with Gasteiger partial charge in [-0.1, -0.05) is 13.0 Å². The normalized spacial score (nSPS) is 25.1. The smallest absolute Gasteiger partial charge is 0.125 e. The lowest BCUT2D eigenvalue weighted by atomic mass is 9.95. The lowest BCUT2D eigenvalue weighted by Crippen LogP contribution is -2.43. The predicted octanol–water partition coefficient (Wildman–Crippen LogP) is 3.36. The minimum absolute atomic E-state index is 0.181. The average molecular weight is 250 g/mol. The first-order chi connectivity index (χ1) is 8.65. The van der Waals surface area contributed by atoms with E-state index in [9.17, 15) is 4.39 Å². The molecule has 3 heteroatoms. The zero-order valence-corrected chi connectivity index (χ0v) is 11.3. The molecule has 1 saturated heterocycles. The van der Waals surface area contributed by atoms with Gasteiger partial charge in [0.25, 0.3) is 0 Å². The Morgan fingerprint density at radius 1 is 1.33 bits per heavy atom. The SMILES string of the molecule is CC1CCC(C)N(CCNc2cccc(F)c2)C1. The van der Waals surface area contributed by atoms with Crippen molar-refractivity contribution in [3.8, 4) is 0 Å². The molecular formula is C15H23FN2. The number of hydrogen-bond donors (Lipinski definition) is 1. The van der Waals surface area contributed by atoms with Gasteiger partial charge in [0, 0.05) is 31.4 Å². The Hall–Kier alpha value is -1.09. The highest BCUT2D eigenvalue weighted by Gasteiger charge is 2.21. The first-order valence-corrected chi connectivity index (χ1v) is 6.88. The van der Waals surface area contributed by atoms with Crippen LogP contribution in [-0.2, 0) is 0 Å². The zero-order valence-electron chi connectivity index (χ0n) is 11.3. The largest absolute Gasteiger partial charge is 0.384 e. The summed E-state index contributed by atoms with van der Waals surface area (Å²) < 4.78 is 13.0. The fourth-order valence-corrected chi connectivity index (χ4v) is 2.63. The molecule has 0 spiro atoms. The molecule has 2 atom stereocenters. The molecule has 0 aliphatic carbocycles. The van der Waals surface area contributed by atoms with Crippen molar-refractivity contribution in [1.82, 2.24) is 4.90 Å². The number of anilines is 1. The minimum atomic E-state index is -0.181. The summed E-state index contributed by atoms with van der Waals surface area (Å²) in [4.78, 5) is 2.53. The van der Waals surface area contributed by atoms with Crippen LogP contribution in [0.4, 0.5) is 10.1 Å². The van der Waals surface area contributed by atoms with Gasteiger partial charge in [0.05, 0.1) is 0 Å². The van der Waals surface area contributed by atoms with Crippen molar-refractivity contribution in [2.45, 2.75) is 32.7 Å². The highest BCUT2D eigenvalue weighted by atomic mass is 19.1. The summed E-state index contributed by atoms with van der Waals surface area (Å²) in [5.41, 5.74) is 0.868. The molecule has 1 aliphatic rings. The number of likely N-dealkylation sites (tertiary alicyclic amines) is 1. The molecule has 0 radical (unpaired) electrons. The lowest BCUT2D eigenvalue weighted by Gasteiger charge is -2.36. The van der Waals surface area contributed by atoms with Crippen molar-refractivity contribution in [2.75, 3.05) is 25.0 Å². The van der Waals surface area contributed by atoms with Gasteiger partial charge in [-0.2, -0.15) is 0 Å². The van der Waals surface area contributed by atoms with Crippen molar-refractivity contribution in [2.24, 2.45) is 5.92 Å². The number of nitrogens with one attached hydrogen (secondary N) is 1. The van der Waals surface area contributed by atoms with Gasteiger partial charge in [-0.3, -0.25) is 4.90 Å². The van der Waals surface area contributed by atoms with E-state index in [1.54, 1.807) is 12.1 Å². The van der Waals surface area contributed by atoms with Crippen molar-refractivity contribution in [1.29, 1.82) is 0 Å². The second kappa shape index (κ2) is 6.19. The Labute approximate surface area is 109 Å². The van der Waals surface area contributed by atoms with Gasteiger partial charge in [0.2, 0.25) is 0 Å². The van der Waals surface area contributed by atoms with Crippen LogP contribution in [0, 0.1) is 11.7 Å². The zero-order chi connectivity index (χ0) is 13.0. The molecule has 2 unspecified atom stereocenters. The third kappa shape index (κ3) is 3.70. The van der Waals surface area contributed by atoms with E-state index in [2.05, 4.69) is 24.1 Å². The molecule has 1 aliphatic heterocycles. The number of benzene rings is 1. The van der Waals surface area contributed by atoms with Crippen LogP contribution in [-0.4, -0.2) is 30.6 Å². The molecule has 100 valence electrons. The average Bonchev–Trinajstić information content (AvgIpc) is 2.34. The van der Waals surface area contributed by atoms with E-state index < -0.39 is 0 Å². The molecule has 0 aromatic heterocycles. The molecule has 1 aromatic rings. The van der Waals surface area contributed by atoms with E-state index >= 15 is 0 Å². The van der Waals surface area contributed by atoms with E-state index in [4.69, 9.17) is 0 Å². The van der Waals surface area contributed by atoms with Crippen LogP contribution in [0.5, 0.6) is 0 Å². The standard InChI is InChI=1S/C15H23FN2/c1-12-6-7-13(2)18(11-12)9-8-17-15-5-3-4-14(16)10-15/h3-5,10,12-13,17H,6-9,11H2,1-2H3. The van der Waals surface area contributed by atoms with E-state index in [1.165, 1.54) is 25.5 Å². The van der Waals surface area contributed by atoms with Crippen LogP contribution in [0.2, 0.25) is 0 Å². The molecular weight excluding hydrogens is 227 g/mol. The van der Waals surface area contributed by atoms with Gasteiger partial charge in [0.1, 0.15) is 5.82 Å². The van der Waals surface area contributed by atoms with Crippen LogP contribution in [0.25, 0.3) is 0 Å². The Morgan fingerprint density at radius 3 is 2.94 bits per heavy atom. The van der Waals surface area contributed by atoms with Gasteiger partial charge in [-0.05, 0) is 43.9 Å². The summed E-state index contributed by atoms with van der Waals surface area (Å²) in [7, 11) is 0. The third-order valence-corrected chi connectivity index (χ3v) is 3.80. The Bertz CT molecular complexity index is 381. The topological polar surface area (TPSA) is 15.3 Å². The van der Waals surface area contributed by atoms with Crippen LogP contribution in [0.1, 0.15) is 26.7 Å². The maximum atomic E-state index is 13.0. The summed E-state index contributed by atoms with van der Waals surface area (Å²) in [6, 6.07) is 7.34. The highest BCUT2D eigenvalue weighted by Crippen LogP contribution is 2.20. The van der Waals surface area contributed by atoms with Gasteiger partial charge in [-0.25, -0.2) is 4.39 Å². The first-order valence-electron chi connectivity index (χ1n) is 6.88. The number of nitrogens with zero attached hydrogens (tertiary/aromatic N) is 1. The molecule has 1 fully saturated rings. The molecule has 0 amide bonds. The van der Waals surface area contributed by atoms with E-state index in [1.807, 2.05) is 6.07 Å². The number of piperidine rings is 1. The maximum Gasteiger partial charge on any atom is 0.125 e. The number of halogens is 1. The fraction of sp³-hybridized carbons (Fsp3) is 0.600. The van der Waals surface area contributed by atoms with E-state index in [-0.39, 0.29) is 5.82 Å². The monoisotopic (exact) mass is 250 g/mol. The number of hydrogen-bond acceptors (Lipinski definition) is 2. The van der Waals surface area contributed by atoms with Crippen LogP contribution >= 0.6 is 0 Å². The quantitative estimate of drug-likeness (QED) is 0.881. The molecule has 0 saturated carbocycles. The predicted molar refractivity (Wildman–Crippen MR) is 74.3 cm³/mol. The Morgan fingerprint density at radius 2 is 2.17 bits per heavy atom. The number of rotatable bonds is 4. The summed E-state index contributed by atoms with van der Waals surface area (Å²) in [5, 5.41) is 3.29. The van der Waals surface area contributed by atoms with Crippen molar-refractivity contribution in [3.05, 3.63) is 30.1 Å². The molecule has 2 rings (SSSR count). The molecule has 0 bridgehead atoms.